The van der Waals surface area contributed by atoms with Gasteiger partial charge in [-0.05, 0) is 86.7 Å². The number of hydrogen-bond acceptors (Lipinski definition) is 3. The monoisotopic (exact) mass is 745 g/mol. The molecule has 7 aromatic carbocycles. The molecule has 0 fully saturated rings. The van der Waals surface area contributed by atoms with Gasteiger partial charge in [0.2, 0.25) is 0 Å². The first-order valence-corrected chi connectivity index (χ1v) is 20.7. The number of thiophene rings is 1. The van der Waals surface area contributed by atoms with Gasteiger partial charge in [-0.25, -0.2) is 0 Å². The third-order valence-corrected chi connectivity index (χ3v) is 13.4. The summed E-state index contributed by atoms with van der Waals surface area (Å²) in [6.45, 7) is 18.9. The molecule has 0 radical (unpaired) electrons. The Labute approximate surface area is 334 Å². The van der Waals surface area contributed by atoms with E-state index in [1.54, 1.807) is 0 Å². The van der Waals surface area contributed by atoms with Crippen molar-refractivity contribution in [2.45, 2.75) is 71.6 Å². The molecule has 9 aromatic rings. The Morgan fingerprint density at radius 1 is 0.500 bits per heavy atom. The maximum absolute atomic E-state index is 6.51. The van der Waals surface area contributed by atoms with Crippen molar-refractivity contribution < 1.29 is 4.42 Å². The minimum absolute atomic E-state index is 0.00388. The molecule has 276 valence electrons. The zero-order valence-electron chi connectivity index (χ0n) is 33.5. The van der Waals surface area contributed by atoms with E-state index in [1.807, 2.05) is 17.4 Å². The lowest BCUT2D eigenvalue weighted by Gasteiger charge is -2.29. The van der Waals surface area contributed by atoms with E-state index in [2.05, 4.69) is 194 Å². The Balaban J connectivity index is 1.26. The van der Waals surface area contributed by atoms with E-state index in [9.17, 15) is 0 Å². The molecule has 0 unspecified atom stereocenters. The first kappa shape index (κ1) is 34.8. The van der Waals surface area contributed by atoms with Crippen molar-refractivity contribution >= 4 is 70.5 Å². The van der Waals surface area contributed by atoms with Crippen LogP contribution in [0.5, 0.6) is 0 Å². The number of rotatable bonds is 4. The van der Waals surface area contributed by atoms with Crippen molar-refractivity contribution in [3.8, 4) is 22.3 Å². The van der Waals surface area contributed by atoms with Crippen molar-refractivity contribution in [3.05, 3.63) is 162 Å². The molecule has 0 aliphatic heterocycles. The van der Waals surface area contributed by atoms with Crippen LogP contribution in [0.1, 0.15) is 77.6 Å². The fraction of sp³-hybridized carbons (Fsp3) is 0.208. The van der Waals surface area contributed by atoms with Crippen LogP contribution in [0, 0.1) is 0 Å². The van der Waals surface area contributed by atoms with E-state index in [0.29, 0.717) is 0 Å². The van der Waals surface area contributed by atoms with Crippen LogP contribution in [-0.4, -0.2) is 0 Å². The summed E-state index contributed by atoms with van der Waals surface area (Å²) >= 11 is 1.99. The highest BCUT2D eigenvalue weighted by atomic mass is 32.1. The summed E-state index contributed by atoms with van der Waals surface area (Å²) in [7, 11) is 0. The molecule has 0 atom stereocenters. The normalized spacial score (nSPS) is 13.9. The first-order valence-electron chi connectivity index (χ1n) is 19.8. The van der Waals surface area contributed by atoms with Crippen LogP contribution in [-0.2, 0) is 16.2 Å². The maximum atomic E-state index is 6.51. The first-order chi connectivity index (χ1) is 26.8. The van der Waals surface area contributed by atoms with E-state index >= 15 is 0 Å². The SMILES string of the molecule is CC(C)(C)c1cc(C(C)(C)C)c2sc3c4c(ccc3c2c1)C(C)(C)c1cccc(N(c2ccc(-c3ccccc3)cc2)c2ccc3c(c2)oc2ccccc23)c1-4. The van der Waals surface area contributed by atoms with Crippen LogP contribution in [0.25, 0.3) is 64.4 Å². The van der Waals surface area contributed by atoms with Crippen LogP contribution >= 0.6 is 11.3 Å². The molecule has 2 heterocycles. The number of furan rings is 1. The summed E-state index contributed by atoms with van der Waals surface area (Å²) in [6.07, 6.45) is 0. The molecular weight excluding hydrogens is 699 g/mol. The van der Waals surface area contributed by atoms with Crippen molar-refractivity contribution in [3.63, 3.8) is 0 Å². The van der Waals surface area contributed by atoms with E-state index in [0.717, 1.165) is 33.3 Å². The average Bonchev–Trinajstić information content (AvgIpc) is 3.82. The van der Waals surface area contributed by atoms with Crippen molar-refractivity contribution in [2.24, 2.45) is 0 Å². The molecule has 0 saturated carbocycles. The number of hydrogen-bond donors (Lipinski definition) is 0. The van der Waals surface area contributed by atoms with Gasteiger partial charge in [0.05, 0.1) is 5.69 Å². The van der Waals surface area contributed by atoms with Gasteiger partial charge >= 0.3 is 0 Å². The standard InChI is InChI=1S/C53H47NOS/c1-51(2,3)34-29-40-39-27-28-42-48(50(39)56-49(40)43(30-34)52(4,5)6)47-41(53(42,7)8)18-14-19-44(47)54(35-23-21-33(22-24-35)32-15-10-9-11-16-32)36-25-26-38-37-17-12-13-20-45(37)55-46(38)31-36/h9-31H,1-8H3. The predicted octanol–water partition coefficient (Wildman–Crippen LogP) is 16.0. The summed E-state index contributed by atoms with van der Waals surface area (Å²) in [5.74, 6) is 0. The lowest BCUT2D eigenvalue weighted by molar-refractivity contribution is 0.573. The second kappa shape index (κ2) is 12.2. The Bertz CT molecular complexity index is 3000. The van der Waals surface area contributed by atoms with E-state index in [-0.39, 0.29) is 16.2 Å². The molecule has 2 aromatic heterocycles. The highest BCUT2D eigenvalue weighted by molar-refractivity contribution is 7.26. The largest absolute Gasteiger partial charge is 0.456 e. The molecule has 0 bridgehead atoms. The lowest BCUT2D eigenvalue weighted by atomic mass is 9.79. The summed E-state index contributed by atoms with van der Waals surface area (Å²) in [6, 6.07) is 51.5. The number of anilines is 3. The molecule has 0 saturated heterocycles. The predicted molar refractivity (Wildman–Crippen MR) is 242 cm³/mol. The van der Waals surface area contributed by atoms with E-state index in [1.165, 1.54) is 70.4 Å². The van der Waals surface area contributed by atoms with E-state index < -0.39 is 0 Å². The second-order valence-electron chi connectivity index (χ2n) is 18.2. The molecule has 1 aliphatic carbocycles. The topological polar surface area (TPSA) is 16.4 Å². The fourth-order valence-electron chi connectivity index (χ4n) is 9.07. The van der Waals surface area contributed by atoms with Gasteiger partial charge in [0, 0.05) is 64.9 Å². The zero-order valence-corrected chi connectivity index (χ0v) is 34.4. The summed E-state index contributed by atoms with van der Waals surface area (Å²) in [5, 5.41) is 4.99. The molecule has 0 spiro atoms. The van der Waals surface area contributed by atoms with Crippen LogP contribution in [0.2, 0.25) is 0 Å². The maximum Gasteiger partial charge on any atom is 0.137 e. The Morgan fingerprint density at radius 3 is 1.91 bits per heavy atom. The van der Waals surface area contributed by atoms with Gasteiger partial charge in [-0.2, -0.15) is 0 Å². The van der Waals surface area contributed by atoms with Gasteiger partial charge < -0.3 is 9.32 Å². The number of nitrogens with zero attached hydrogens (tertiary/aromatic N) is 1. The van der Waals surface area contributed by atoms with Gasteiger partial charge in [0.25, 0.3) is 0 Å². The lowest BCUT2D eigenvalue weighted by Crippen LogP contribution is -2.16. The number of fused-ring (bicyclic) bond motifs is 10. The Kier molecular flexibility index (Phi) is 7.57. The van der Waals surface area contributed by atoms with Crippen LogP contribution in [0.3, 0.4) is 0 Å². The molecule has 0 N–H and O–H groups in total. The quantitative estimate of drug-likeness (QED) is 0.178. The van der Waals surface area contributed by atoms with Crippen molar-refractivity contribution in [2.75, 3.05) is 4.90 Å². The Hall–Kier alpha value is -5.64. The molecule has 3 heteroatoms. The third-order valence-electron chi connectivity index (χ3n) is 12.1. The highest BCUT2D eigenvalue weighted by Gasteiger charge is 2.40. The van der Waals surface area contributed by atoms with Gasteiger partial charge in [0.15, 0.2) is 0 Å². The van der Waals surface area contributed by atoms with Crippen molar-refractivity contribution in [1.29, 1.82) is 0 Å². The summed E-state index contributed by atoms with van der Waals surface area (Å²) in [5.41, 5.74) is 15.7. The third kappa shape index (κ3) is 5.28. The smallest absolute Gasteiger partial charge is 0.137 e. The zero-order chi connectivity index (χ0) is 38.7. The van der Waals surface area contributed by atoms with E-state index in [4.69, 9.17) is 4.42 Å². The van der Waals surface area contributed by atoms with Gasteiger partial charge in [-0.1, -0.05) is 146 Å². The van der Waals surface area contributed by atoms with Crippen molar-refractivity contribution in [1.82, 2.24) is 0 Å². The molecule has 1 aliphatic rings. The number of benzene rings is 7. The molecule has 0 amide bonds. The Morgan fingerprint density at radius 2 is 1.16 bits per heavy atom. The second-order valence-corrected chi connectivity index (χ2v) is 19.2. The molecule has 56 heavy (non-hydrogen) atoms. The molecule has 10 rings (SSSR count). The fourth-order valence-corrected chi connectivity index (χ4v) is 10.6. The number of para-hydroxylation sites is 1. The van der Waals surface area contributed by atoms with Gasteiger partial charge in [-0.15, -0.1) is 11.3 Å². The summed E-state index contributed by atoms with van der Waals surface area (Å²) < 4.78 is 9.29. The van der Waals surface area contributed by atoms with Crippen LogP contribution in [0.4, 0.5) is 17.1 Å². The minimum atomic E-state index is -0.181. The summed E-state index contributed by atoms with van der Waals surface area (Å²) in [4.78, 5) is 2.45. The van der Waals surface area contributed by atoms with Gasteiger partial charge in [0.1, 0.15) is 11.2 Å². The average molecular weight is 746 g/mol. The van der Waals surface area contributed by atoms with Crippen LogP contribution < -0.4 is 4.90 Å². The van der Waals surface area contributed by atoms with Crippen LogP contribution in [0.15, 0.2) is 144 Å². The highest BCUT2D eigenvalue weighted by Crippen LogP contribution is 2.58. The molecule has 2 nitrogen and oxygen atoms in total. The molecular formula is C53H47NOS. The minimum Gasteiger partial charge on any atom is -0.456 e. The van der Waals surface area contributed by atoms with Gasteiger partial charge in [-0.3, -0.25) is 0 Å².